The molecule has 2 aromatic heterocycles. The van der Waals surface area contributed by atoms with Crippen molar-refractivity contribution >= 4 is 17.0 Å². The molecule has 28 heavy (non-hydrogen) atoms. The van der Waals surface area contributed by atoms with Gasteiger partial charge >= 0.3 is 0 Å². The van der Waals surface area contributed by atoms with E-state index in [0.717, 1.165) is 17.8 Å². The van der Waals surface area contributed by atoms with E-state index >= 15 is 0 Å². The van der Waals surface area contributed by atoms with Gasteiger partial charge in [-0.1, -0.05) is 24.3 Å². The fourth-order valence-corrected chi connectivity index (χ4v) is 2.88. The number of hydrogen-bond donors (Lipinski definition) is 3. The normalized spacial score (nSPS) is 12.2. The highest BCUT2D eigenvalue weighted by atomic mass is 19.1. The lowest BCUT2D eigenvalue weighted by molar-refractivity contribution is 0.181. The number of anilines is 1. The number of para-hydroxylation sites is 1. The predicted octanol–water partition coefficient (Wildman–Crippen LogP) is 2.53. The molecule has 1 unspecified atom stereocenters. The second-order valence-electron chi connectivity index (χ2n) is 6.08. The van der Waals surface area contributed by atoms with Crippen LogP contribution in [0.2, 0.25) is 0 Å². The topological polar surface area (TPSA) is 95.8 Å². The van der Waals surface area contributed by atoms with Crippen LogP contribution in [-0.4, -0.2) is 31.4 Å². The minimum absolute atomic E-state index is 0.0472. The Morgan fingerprint density at radius 2 is 1.82 bits per heavy atom. The maximum atomic E-state index is 13.8. The number of nitrogens with zero attached hydrogens (tertiary/aromatic N) is 3. The Balaban J connectivity index is 1.64. The first-order chi connectivity index (χ1) is 13.5. The summed E-state index contributed by atoms with van der Waals surface area (Å²) in [7, 11) is 0. The van der Waals surface area contributed by atoms with E-state index in [1.54, 1.807) is 0 Å². The van der Waals surface area contributed by atoms with E-state index in [1.807, 2.05) is 30.3 Å². The molecule has 142 valence electrons. The average molecular weight is 383 g/mol. The Morgan fingerprint density at radius 1 is 1.11 bits per heavy atom. The highest BCUT2D eigenvalue weighted by molar-refractivity contribution is 5.76. The summed E-state index contributed by atoms with van der Waals surface area (Å²) in [4.78, 5) is 19.1. The summed E-state index contributed by atoms with van der Waals surface area (Å²) in [6, 6.07) is 12.5. The molecule has 4 aromatic rings. The van der Waals surface area contributed by atoms with Crippen LogP contribution in [-0.2, 0) is 0 Å². The van der Waals surface area contributed by atoms with Crippen LogP contribution in [0.3, 0.4) is 0 Å². The zero-order valence-electron chi connectivity index (χ0n) is 14.4. The van der Waals surface area contributed by atoms with Crippen LogP contribution in [0.5, 0.6) is 0 Å². The minimum Gasteiger partial charge on any atom is -0.386 e. The molecule has 2 aromatic carbocycles. The van der Waals surface area contributed by atoms with E-state index in [9.17, 15) is 18.7 Å². The maximum absolute atomic E-state index is 13.8. The quantitative estimate of drug-likeness (QED) is 0.492. The van der Waals surface area contributed by atoms with Crippen molar-refractivity contribution in [3.05, 3.63) is 82.3 Å². The van der Waals surface area contributed by atoms with Crippen LogP contribution >= 0.6 is 0 Å². The van der Waals surface area contributed by atoms with Crippen LogP contribution in [0, 0.1) is 11.6 Å². The number of aliphatic hydroxyl groups is 1. The zero-order chi connectivity index (χ0) is 19.7. The fraction of sp³-hybridized carbons (Fsp3) is 0.105. The van der Waals surface area contributed by atoms with E-state index in [1.165, 1.54) is 16.9 Å². The number of nitrogens with one attached hydrogen (secondary N) is 2. The Bertz CT molecular complexity index is 1170. The van der Waals surface area contributed by atoms with Crippen LogP contribution < -0.4 is 10.9 Å². The van der Waals surface area contributed by atoms with E-state index in [4.69, 9.17) is 0 Å². The van der Waals surface area contributed by atoms with Gasteiger partial charge in [0, 0.05) is 6.54 Å². The van der Waals surface area contributed by atoms with Gasteiger partial charge in [0.2, 0.25) is 5.95 Å². The maximum Gasteiger partial charge on any atom is 0.263 e. The molecule has 1 atom stereocenters. The molecule has 3 N–H and O–H groups in total. The lowest BCUT2D eigenvalue weighted by atomic mass is 10.1. The molecule has 0 bridgehead atoms. The summed E-state index contributed by atoms with van der Waals surface area (Å²) in [6.07, 6.45) is -0.0668. The van der Waals surface area contributed by atoms with Gasteiger partial charge in [0.05, 0.1) is 17.4 Å². The zero-order valence-corrected chi connectivity index (χ0v) is 14.4. The van der Waals surface area contributed by atoms with Gasteiger partial charge in [0.25, 0.3) is 5.56 Å². The molecular formula is C19H15F2N5O2. The average Bonchev–Trinajstić information content (AvgIpc) is 3.11. The van der Waals surface area contributed by atoms with Crippen molar-refractivity contribution in [2.24, 2.45) is 0 Å². The van der Waals surface area contributed by atoms with Crippen molar-refractivity contribution in [2.75, 3.05) is 11.9 Å². The van der Waals surface area contributed by atoms with Crippen molar-refractivity contribution in [2.45, 2.75) is 6.10 Å². The van der Waals surface area contributed by atoms with E-state index < -0.39 is 28.9 Å². The van der Waals surface area contributed by atoms with Crippen molar-refractivity contribution in [1.82, 2.24) is 19.7 Å². The number of aliphatic hydroxyl groups excluding tert-OH is 1. The monoisotopic (exact) mass is 383 g/mol. The van der Waals surface area contributed by atoms with Crippen molar-refractivity contribution < 1.29 is 13.9 Å². The highest BCUT2D eigenvalue weighted by Crippen LogP contribution is 2.21. The molecule has 2 heterocycles. The Morgan fingerprint density at radius 3 is 2.54 bits per heavy atom. The van der Waals surface area contributed by atoms with Gasteiger partial charge in [-0.25, -0.2) is 13.5 Å². The summed E-state index contributed by atoms with van der Waals surface area (Å²) in [5, 5.41) is 17.3. The molecule has 0 radical (unpaired) electrons. The number of benzene rings is 2. The number of H-pyrrole nitrogens is 1. The number of fused-ring (bicyclic) bond motifs is 1. The summed E-state index contributed by atoms with van der Waals surface area (Å²) < 4.78 is 29.1. The van der Waals surface area contributed by atoms with Gasteiger partial charge in [-0.15, -0.1) is 0 Å². The fourth-order valence-electron chi connectivity index (χ4n) is 2.88. The van der Waals surface area contributed by atoms with E-state index in [-0.39, 0.29) is 17.9 Å². The summed E-state index contributed by atoms with van der Waals surface area (Å²) in [5.41, 5.74) is 0.146. The summed E-state index contributed by atoms with van der Waals surface area (Å²) in [5.74, 6) is -1.66. The molecule has 0 spiro atoms. The number of aromatic nitrogens is 4. The first kappa shape index (κ1) is 17.8. The third-order valence-electron chi connectivity index (χ3n) is 4.23. The van der Waals surface area contributed by atoms with Crippen molar-refractivity contribution in [3.63, 3.8) is 0 Å². The molecule has 0 aliphatic heterocycles. The second-order valence-corrected chi connectivity index (χ2v) is 6.08. The standard InChI is InChI=1S/C19H15F2N5O2/c20-13-7-4-8-14(21)16(13)15(27)10-22-19-24-17-12(18(28)25-19)9-23-26(17)11-5-2-1-3-6-11/h1-9,15,27H,10H2,(H2,22,24,25,28). The van der Waals surface area contributed by atoms with Crippen LogP contribution in [0.15, 0.2) is 59.5 Å². The highest BCUT2D eigenvalue weighted by Gasteiger charge is 2.18. The molecule has 7 nitrogen and oxygen atoms in total. The van der Waals surface area contributed by atoms with Crippen LogP contribution in [0.4, 0.5) is 14.7 Å². The number of aromatic amines is 1. The lowest BCUT2D eigenvalue weighted by Gasteiger charge is -2.14. The summed E-state index contributed by atoms with van der Waals surface area (Å²) >= 11 is 0. The lowest BCUT2D eigenvalue weighted by Crippen LogP contribution is -2.19. The van der Waals surface area contributed by atoms with Gasteiger partial charge in [0.15, 0.2) is 5.65 Å². The van der Waals surface area contributed by atoms with Crippen molar-refractivity contribution in [3.8, 4) is 5.69 Å². The first-order valence-corrected chi connectivity index (χ1v) is 8.44. The molecule has 0 saturated heterocycles. The van der Waals surface area contributed by atoms with Crippen LogP contribution in [0.25, 0.3) is 16.7 Å². The molecule has 0 fully saturated rings. The third-order valence-corrected chi connectivity index (χ3v) is 4.23. The largest absolute Gasteiger partial charge is 0.386 e. The Kier molecular flexibility index (Phi) is 4.58. The molecular weight excluding hydrogens is 368 g/mol. The number of hydrogen-bond acceptors (Lipinski definition) is 5. The Labute approximate surface area is 157 Å². The molecule has 0 aliphatic carbocycles. The molecule has 0 saturated carbocycles. The molecule has 0 amide bonds. The van der Waals surface area contributed by atoms with Gasteiger partial charge in [-0.3, -0.25) is 9.78 Å². The smallest absolute Gasteiger partial charge is 0.263 e. The van der Waals surface area contributed by atoms with Gasteiger partial charge in [-0.2, -0.15) is 10.1 Å². The van der Waals surface area contributed by atoms with E-state index in [2.05, 4.69) is 20.4 Å². The predicted molar refractivity (Wildman–Crippen MR) is 99.3 cm³/mol. The third kappa shape index (κ3) is 3.23. The second kappa shape index (κ2) is 7.20. The minimum atomic E-state index is -1.47. The van der Waals surface area contributed by atoms with E-state index in [0.29, 0.717) is 5.65 Å². The number of rotatable bonds is 5. The molecule has 0 aliphatic rings. The molecule has 9 heteroatoms. The first-order valence-electron chi connectivity index (χ1n) is 8.44. The van der Waals surface area contributed by atoms with Gasteiger partial charge in [0.1, 0.15) is 23.1 Å². The SMILES string of the molecule is O=c1[nH]c(NCC(O)c2c(F)cccc2F)nc2c1cnn2-c1ccccc1. The van der Waals surface area contributed by atoms with Crippen LogP contribution in [0.1, 0.15) is 11.7 Å². The Hall–Kier alpha value is -3.59. The van der Waals surface area contributed by atoms with Gasteiger partial charge < -0.3 is 10.4 Å². The van der Waals surface area contributed by atoms with Gasteiger partial charge in [-0.05, 0) is 24.3 Å². The number of halogens is 2. The molecule has 4 rings (SSSR count). The van der Waals surface area contributed by atoms with Crippen molar-refractivity contribution in [1.29, 1.82) is 0 Å². The summed E-state index contributed by atoms with van der Waals surface area (Å²) in [6.45, 7) is -0.258.